The standard InChI is InChI=1S/C17H23N5O2/c1-2-22-14(9-10-18-22)17(23)21-11-5-3-4-6-13(21)16-19-15(20-24-16)12-7-8-12/h9-10,12-13H,2-8,11H2,1H3. The zero-order valence-corrected chi connectivity index (χ0v) is 14.0. The van der Waals surface area contributed by atoms with Gasteiger partial charge in [-0.15, -0.1) is 0 Å². The van der Waals surface area contributed by atoms with Crippen LogP contribution < -0.4 is 0 Å². The van der Waals surface area contributed by atoms with Gasteiger partial charge >= 0.3 is 0 Å². The van der Waals surface area contributed by atoms with Gasteiger partial charge in [-0.3, -0.25) is 9.48 Å². The summed E-state index contributed by atoms with van der Waals surface area (Å²) < 4.78 is 7.28. The predicted molar refractivity (Wildman–Crippen MR) is 86.4 cm³/mol. The molecule has 4 rings (SSSR count). The number of carbonyl (C=O) groups excluding carboxylic acids is 1. The quantitative estimate of drug-likeness (QED) is 0.862. The van der Waals surface area contributed by atoms with E-state index in [1.54, 1.807) is 16.9 Å². The molecule has 2 aromatic heterocycles. The fraction of sp³-hybridized carbons (Fsp3) is 0.647. The zero-order chi connectivity index (χ0) is 16.5. The van der Waals surface area contributed by atoms with Gasteiger partial charge in [-0.1, -0.05) is 18.0 Å². The number of nitrogens with zero attached hydrogens (tertiary/aromatic N) is 5. The molecule has 1 unspecified atom stereocenters. The molecule has 1 saturated heterocycles. The molecule has 7 nitrogen and oxygen atoms in total. The van der Waals surface area contributed by atoms with Crippen molar-refractivity contribution < 1.29 is 9.32 Å². The Kier molecular flexibility index (Phi) is 4.08. The molecule has 1 atom stereocenters. The van der Waals surface area contributed by atoms with Crippen LogP contribution >= 0.6 is 0 Å². The summed E-state index contributed by atoms with van der Waals surface area (Å²) in [5.74, 6) is 1.86. The Morgan fingerprint density at radius 2 is 2.17 bits per heavy atom. The second kappa shape index (κ2) is 6.37. The molecule has 1 aliphatic heterocycles. The van der Waals surface area contributed by atoms with Gasteiger partial charge in [-0.05, 0) is 38.7 Å². The number of rotatable bonds is 4. The molecule has 0 bridgehead atoms. The largest absolute Gasteiger partial charge is 0.337 e. The number of likely N-dealkylation sites (tertiary alicyclic amines) is 1. The molecule has 2 aliphatic rings. The van der Waals surface area contributed by atoms with E-state index < -0.39 is 0 Å². The van der Waals surface area contributed by atoms with E-state index in [2.05, 4.69) is 15.2 Å². The summed E-state index contributed by atoms with van der Waals surface area (Å²) in [6.07, 6.45) is 8.04. The third-order valence-electron chi connectivity index (χ3n) is 4.93. The first-order valence-electron chi connectivity index (χ1n) is 8.94. The summed E-state index contributed by atoms with van der Waals surface area (Å²) in [4.78, 5) is 19.6. The van der Waals surface area contributed by atoms with E-state index in [0.29, 0.717) is 24.0 Å². The van der Waals surface area contributed by atoms with Crippen LogP contribution in [0.2, 0.25) is 0 Å². The van der Waals surface area contributed by atoms with Gasteiger partial charge in [-0.25, -0.2) is 0 Å². The number of hydrogen-bond donors (Lipinski definition) is 0. The molecule has 3 heterocycles. The summed E-state index contributed by atoms with van der Waals surface area (Å²) in [6, 6.07) is 1.66. The zero-order valence-electron chi connectivity index (χ0n) is 14.0. The van der Waals surface area contributed by atoms with Gasteiger partial charge < -0.3 is 9.42 Å². The Morgan fingerprint density at radius 1 is 1.29 bits per heavy atom. The SMILES string of the molecule is CCn1nccc1C(=O)N1CCCCCC1c1nc(C2CC2)no1. The lowest BCUT2D eigenvalue weighted by molar-refractivity contribution is 0.0632. The summed E-state index contributed by atoms with van der Waals surface area (Å²) in [7, 11) is 0. The Labute approximate surface area is 141 Å². The van der Waals surface area contributed by atoms with E-state index in [-0.39, 0.29) is 11.9 Å². The van der Waals surface area contributed by atoms with Gasteiger partial charge in [0, 0.05) is 25.2 Å². The Bertz CT molecular complexity index is 718. The van der Waals surface area contributed by atoms with Crippen LogP contribution in [0.5, 0.6) is 0 Å². The normalized spacial score (nSPS) is 21.7. The molecule has 1 aliphatic carbocycles. The lowest BCUT2D eigenvalue weighted by Crippen LogP contribution is -2.36. The number of amides is 1. The molecular formula is C17H23N5O2. The van der Waals surface area contributed by atoms with Crippen molar-refractivity contribution in [1.29, 1.82) is 0 Å². The van der Waals surface area contributed by atoms with E-state index in [1.807, 2.05) is 11.8 Å². The topological polar surface area (TPSA) is 77.1 Å². The van der Waals surface area contributed by atoms with E-state index in [4.69, 9.17) is 4.52 Å². The molecule has 0 radical (unpaired) electrons. The smallest absolute Gasteiger partial charge is 0.272 e. The number of hydrogen-bond acceptors (Lipinski definition) is 5. The fourth-order valence-electron chi connectivity index (χ4n) is 3.41. The average molecular weight is 329 g/mol. The van der Waals surface area contributed by atoms with Crippen molar-refractivity contribution in [2.75, 3.05) is 6.54 Å². The molecule has 1 saturated carbocycles. The van der Waals surface area contributed by atoms with Gasteiger partial charge in [0.15, 0.2) is 5.82 Å². The fourth-order valence-corrected chi connectivity index (χ4v) is 3.41. The summed E-state index contributed by atoms with van der Waals surface area (Å²) in [5, 5.41) is 8.36. The van der Waals surface area contributed by atoms with Crippen molar-refractivity contribution in [1.82, 2.24) is 24.8 Å². The predicted octanol–water partition coefficient (Wildman–Crippen LogP) is 2.92. The third-order valence-corrected chi connectivity index (χ3v) is 4.93. The maximum atomic E-state index is 13.1. The maximum absolute atomic E-state index is 13.1. The van der Waals surface area contributed by atoms with Crippen LogP contribution in [0.3, 0.4) is 0 Å². The third kappa shape index (κ3) is 2.83. The first-order valence-corrected chi connectivity index (χ1v) is 8.94. The first kappa shape index (κ1) is 15.4. The maximum Gasteiger partial charge on any atom is 0.272 e. The van der Waals surface area contributed by atoms with E-state index >= 15 is 0 Å². The number of aromatic nitrogens is 4. The first-order chi connectivity index (χ1) is 11.8. The highest BCUT2D eigenvalue weighted by Gasteiger charge is 2.35. The molecule has 24 heavy (non-hydrogen) atoms. The molecule has 2 fully saturated rings. The Hall–Kier alpha value is -2.18. The second-order valence-corrected chi connectivity index (χ2v) is 6.66. The highest BCUT2D eigenvalue weighted by atomic mass is 16.5. The summed E-state index contributed by atoms with van der Waals surface area (Å²) >= 11 is 0. The molecule has 0 N–H and O–H groups in total. The van der Waals surface area contributed by atoms with Crippen LogP contribution in [-0.2, 0) is 6.54 Å². The summed E-state index contributed by atoms with van der Waals surface area (Å²) in [6.45, 7) is 3.39. The minimum Gasteiger partial charge on any atom is -0.337 e. The molecule has 0 spiro atoms. The van der Waals surface area contributed by atoms with Crippen molar-refractivity contribution in [3.63, 3.8) is 0 Å². The van der Waals surface area contributed by atoms with Crippen molar-refractivity contribution in [2.45, 2.75) is 64.0 Å². The van der Waals surface area contributed by atoms with Crippen LogP contribution in [0.1, 0.15) is 79.6 Å². The molecular weight excluding hydrogens is 306 g/mol. The molecule has 0 aromatic carbocycles. The monoisotopic (exact) mass is 329 g/mol. The van der Waals surface area contributed by atoms with E-state index in [0.717, 1.165) is 50.9 Å². The Morgan fingerprint density at radius 3 is 2.96 bits per heavy atom. The van der Waals surface area contributed by atoms with Crippen LogP contribution in [0, 0.1) is 0 Å². The lowest BCUT2D eigenvalue weighted by Gasteiger charge is -2.27. The van der Waals surface area contributed by atoms with Crippen molar-refractivity contribution in [2.24, 2.45) is 0 Å². The minimum absolute atomic E-state index is 0.00687. The second-order valence-electron chi connectivity index (χ2n) is 6.66. The van der Waals surface area contributed by atoms with Gasteiger partial charge in [-0.2, -0.15) is 10.1 Å². The van der Waals surface area contributed by atoms with E-state index in [9.17, 15) is 4.79 Å². The van der Waals surface area contributed by atoms with Crippen molar-refractivity contribution >= 4 is 5.91 Å². The number of carbonyl (C=O) groups is 1. The van der Waals surface area contributed by atoms with Crippen LogP contribution in [-0.4, -0.2) is 37.3 Å². The Balaban J connectivity index is 1.63. The van der Waals surface area contributed by atoms with E-state index in [1.165, 1.54) is 0 Å². The van der Waals surface area contributed by atoms with Crippen LogP contribution in [0.15, 0.2) is 16.8 Å². The highest BCUT2D eigenvalue weighted by Crippen LogP contribution is 2.39. The van der Waals surface area contributed by atoms with Crippen LogP contribution in [0.25, 0.3) is 0 Å². The van der Waals surface area contributed by atoms with Crippen molar-refractivity contribution in [3.8, 4) is 0 Å². The molecule has 2 aromatic rings. The molecule has 128 valence electrons. The molecule has 1 amide bonds. The van der Waals surface area contributed by atoms with Gasteiger partial charge in [0.2, 0.25) is 5.89 Å². The van der Waals surface area contributed by atoms with Crippen molar-refractivity contribution in [3.05, 3.63) is 29.7 Å². The number of aryl methyl sites for hydroxylation is 1. The summed E-state index contributed by atoms with van der Waals surface area (Å²) in [5.41, 5.74) is 0.631. The van der Waals surface area contributed by atoms with Gasteiger partial charge in [0.1, 0.15) is 11.7 Å². The van der Waals surface area contributed by atoms with Crippen LogP contribution in [0.4, 0.5) is 0 Å². The average Bonchev–Trinajstić information content (AvgIpc) is 3.23. The lowest BCUT2D eigenvalue weighted by atomic mass is 10.1. The van der Waals surface area contributed by atoms with Gasteiger partial charge in [0.25, 0.3) is 5.91 Å². The van der Waals surface area contributed by atoms with Gasteiger partial charge in [0.05, 0.1) is 0 Å². The molecule has 7 heteroatoms. The minimum atomic E-state index is -0.125. The highest BCUT2D eigenvalue weighted by molar-refractivity contribution is 5.92.